The van der Waals surface area contributed by atoms with Crippen LogP contribution in [0, 0.1) is 13.8 Å². The SMILES string of the molecule is CCc1c(C)nn(-c2cc(NN)nc(N)n2)c1C. The molecular weight excluding hydrogens is 230 g/mol. The van der Waals surface area contributed by atoms with Gasteiger partial charge in [-0.1, -0.05) is 6.92 Å². The molecule has 0 aliphatic rings. The van der Waals surface area contributed by atoms with Crippen LogP contribution in [0.1, 0.15) is 23.9 Å². The van der Waals surface area contributed by atoms with E-state index >= 15 is 0 Å². The fourth-order valence-electron chi connectivity index (χ4n) is 2.04. The minimum absolute atomic E-state index is 0.158. The molecule has 5 N–H and O–H groups in total. The van der Waals surface area contributed by atoms with E-state index in [1.165, 1.54) is 5.56 Å². The number of hydrogen-bond acceptors (Lipinski definition) is 6. The predicted molar refractivity (Wildman–Crippen MR) is 70.2 cm³/mol. The lowest BCUT2D eigenvalue weighted by atomic mass is 10.1. The minimum Gasteiger partial charge on any atom is -0.368 e. The van der Waals surface area contributed by atoms with Crippen LogP contribution in [0.15, 0.2) is 6.07 Å². The van der Waals surface area contributed by atoms with E-state index < -0.39 is 0 Å². The van der Waals surface area contributed by atoms with Crippen LogP contribution in [0.4, 0.5) is 11.8 Å². The van der Waals surface area contributed by atoms with Gasteiger partial charge in [0.25, 0.3) is 0 Å². The van der Waals surface area contributed by atoms with Crippen LogP contribution in [0.25, 0.3) is 5.82 Å². The monoisotopic (exact) mass is 247 g/mol. The van der Waals surface area contributed by atoms with Crippen LogP contribution in [-0.2, 0) is 6.42 Å². The minimum atomic E-state index is 0.158. The number of hydrogen-bond donors (Lipinski definition) is 3. The molecule has 0 saturated carbocycles. The first kappa shape index (κ1) is 12.3. The van der Waals surface area contributed by atoms with Crippen LogP contribution in [0.2, 0.25) is 0 Å². The lowest BCUT2D eigenvalue weighted by molar-refractivity contribution is 0.802. The molecule has 2 heterocycles. The summed E-state index contributed by atoms with van der Waals surface area (Å²) in [6, 6.07) is 1.70. The molecule has 0 fully saturated rings. The third kappa shape index (κ3) is 2.00. The molecule has 0 unspecified atom stereocenters. The lowest BCUT2D eigenvalue weighted by Crippen LogP contribution is -2.13. The molecule has 0 aliphatic heterocycles. The van der Waals surface area contributed by atoms with Gasteiger partial charge in [-0.05, 0) is 25.8 Å². The standard InChI is InChI=1S/C11H17N7/c1-4-8-6(2)17-18(7(8)3)10-5-9(16-13)14-11(12)15-10/h5H,4,13H2,1-3H3,(H3,12,14,15,16). The molecule has 2 aromatic heterocycles. The van der Waals surface area contributed by atoms with E-state index in [1.807, 2.05) is 13.8 Å². The predicted octanol–water partition coefficient (Wildman–Crippen LogP) is 0.709. The normalized spacial score (nSPS) is 10.7. The number of rotatable bonds is 3. The molecule has 0 atom stereocenters. The zero-order valence-corrected chi connectivity index (χ0v) is 10.7. The number of aromatic nitrogens is 4. The smallest absolute Gasteiger partial charge is 0.224 e. The van der Waals surface area contributed by atoms with Crippen LogP contribution >= 0.6 is 0 Å². The summed E-state index contributed by atoms with van der Waals surface area (Å²) in [7, 11) is 0. The lowest BCUT2D eigenvalue weighted by Gasteiger charge is -2.07. The highest BCUT2D eigenvalue weighted by Gasteiger charge is 2.13. The average molecular weight is 247 g/mol. The van der Waals surface area contributed by atoms with Crippen LogP contribution in [-0.4, -0.2) is 19.7 Å². The van der Waals surface area contributed by atoms with Gasteiger partial charge in [0.05, 0.1) is 5.69 Å². The maximum Gasteiger partial charge on any atom is 0.224 e. The van der Waals surface area contributed by atoms with Gasteiger partial charge in [0.1, 0.15) is 5.82 Å². The molecule has 0 bridgehead atoms. The Kier molecular flexibility index (Phi) is 3.15. The molecule has 18 heavy (non-hydrogen) atoms. The quantitative estimate of drug-likeness (QED) is 0.544. The van der Waals surface area contributed by atoms with Crippen molar-refractivity contribution in [3.8, 4) is 5.82 Å². The van der Waals surface area contributed by atoms with Crippen molar-refractivity contribution in [1.29, 1.82) is 0 Å². The van der Waals surface area contributed by atoms with Crippen molar-refractivity contribution in [3.05, 3.63) is 23.0 Å². The molecule has 0 aliphatic carbocycles. The Hall–Kier alpha value is -2.15. The molecule has 0 saturated heterocycles. The Bertz CT molecular complexity index is 573. The maximum absolute atomic E-state index is 5.64. The van der Waals surface area contributed by atoms with Crippen molar-refractivity contribution in [2.24, 2.45) is 5.84 Å². The van der Waals surface area contributed by atoms with Gasteiger partial charge >= 0.3 is 0 Å². The Morgan fingerprint density at radius 2 is 2.06 bits per heavy atom. The molecule has 0 aromatic carbocycles. The molecule has 7 heteroatoms. The number of aryl methyl sites for hydroxylation is 1. The number of nitrogens with zero attached hydrogens (tertiary/aromatic N) is 4. The van der Waals surface area contributed by atoms with Gasteiger partial charge in [-0.3, -0.25) is 0 Å². The van der Waals surface area contributed by atoms with Crippen LogP contribution in [0.3, 0.4) is 0 Å². The summed E-state index contributed by atoms with van der Waals surface area (Å²) in [5.74, 6) is 6.57. The molecule has 0 amide bonds. The summed E-state index contributed by atoms with van der Waals surface area (Å²) in [4.78, 5) is 8.12. The van der Waals surface area contributed by atoms with Gasteiger partial charge in [0, 0.05) is 11.8 Å². The van der Waals surface area contributed by atoms with Crippen molar-refractivity contribution in [2.75, 3.05) is 11.2 Å². The van der Waals surface area contributed by atoms with Crippen molar-refractivity contribution >= 4 is 11.8 Å². The van der Waals surface area contributed by atoms with Crippen molar-refractivity contribution in [2.45, 2.75) is 27.2 Å². The van der Waals surface area contributed by atoms with E-state index in [2.05, 4.69) is 27.4 Å². The summed E-state index contributed by atoms with van der Waals surface area (Å²) in [5.41, 5.74) is 11.4. The molecule has 0 radical (unpaired) electrons. The third-order valence-corrected chi connectivity index (χ3v) is 2.89. The largest absolute Gasteiger partial charge is 0.368 e. The molecule has 0 spiro atoms. The first-order chi connectivity index (χ1) is 8.56. The molecule has 2 rings (SSSR count). The third-order valence-electron chi connectivity index (χ3n) is 2.89. The van der Waals surface area contributed by atoms with Crippen LogP contribution < -0.4 is 17.0 Å². The van der Waals surface area contributed by atoms with Crippen LogP contribution in [0.5, 0.6) is 0 Å². The first-order valence-corrected chi connectivity index (χ1v) is 5.73. The van der Waals surface area contributed by atoms with Gasteiger partial charge in [-0.2, -0.15) is 15.1 Å². The highest BCUT2D eigenvalue weighted by molar-refractivity contribution is 5.46. The molecule has 2 aromatic rings. The molecule has 96 valence electrons. The van der Waals surface area contributed by atoms with Gasteiger partial charge in [0.2, 0.25) is 5.95 Å². The molecule has 7 nitrogen and oxygen atoms in total. The maximum atomic E-state index is 5.64. The average Bonchev–Trinajstić information content (AvgIpc) is 2.63. The number of anilines is 2. The number of nitrogens with two attached hydrogens (primary N) is 2. The van der Waals surface area contributed by atoms with E-state index in [-0.39, 0.29) is 5.95 Å². The highest BCUT2D eigenvalue weighted by Crippen LogP contribution is 2.18. The second kappa shape index (κ2) is 4.61. The van der Waals surface area contributed by atoms with E-state index in [9.17, 15) is 0 Å². The number of nitrogens with one attached hydrogen (secondary N) is 1. The summed E-state index contributed by atoms with van der Waals surface area (Å²) in [5, 5.41) is 4.47. The van der Waals surface area contributed by atoms with E-state index in [1.54, 1.807) is 10.7 Å². The summed E-state index contributed by atoms with van der Waals surface area (Å²) in [6.07, 6.45) is 0.931. The van der Waals surface area contributed by atoms with E-state index in [4.69, 9.17) is 11.6 Å². The van der Waals surface area contributed by atoms with Crippen molar-refractivity contribution in [1.82, 2.24) is 19.7 Å². The second-order valence-corrected chi connectivity index (χ2v) is 4.03. The zero-order chi connectivity index (χ0) is 13.3. The fraction of sp³-hybridized carbons (Fsp3) is 0.364. The Morgan fingerprint density at radius 3 is 2.61 bits per heavy atom. The summed E-state index contributed by atoms with van der Waals surface area (Å²) < 4.78 is 1.76. The topological polar surface area (TPSA) is 108 Å². The van der Waals surface area contributed by atoms with Crippen molar-refractivity contribution in [3.63, 3.8) is 0 Å². The number of hydrazine groups is 1. The second-order valence-electron chi connectivity index (χ2n) is 4.03. The Morgan fingerprint density at radius 1 is 1.33 bits per heavy atom. The van der Waals surface area contributed by atoms with Gasteiger partial charge < -0.3 is 11.2 Å². The summed E-state index contributed by atoms with van der Waals surface area (Å²) >= 11 is 0. The zero-order valence-electron chi connectivity index (χ0n) is 10.7. The van der Waals surface area contributed by atoms with E-state index in [0.717, 1.165) is 17.8 Å². The Balaban J connectivity index is 2.58. The number of nitrogen functional groups attached to an aromatic ring is 2. The summed E-state index contributed by atoms with van der Waals surface area (Å²) in [6.45, 7) is 6.09. The Labute approximate surface area is 105 Å². The van der Waals surface area contributed by atoms with E-state index in [0.29, 0.717) is 11.6 Å². The first-order valence-electron chi connectivity index (χ1n) is 5.73. The van der Waals surface area contributed by atoms with Gasteiger partial charge in [0.15, 0.2) is 5.82 Å². The van der Waals surface area contributed by atoms with Gasteiger partial charge in [-0.25, -0.2) is 10.5 Å². The molecular formula is C11H17N7. The fourth-order valence-corrected chi connectivity index (χ4v) is 2.04. The van der Waals surface area contributed by atoms with Gasteiger partial charge in [-0.15, -0.1) is 0 Å². The highest BCUT2D eigenvalue weighted by atomic mass is 15.3. The van der Waals surface area contributed by atoms with Crippen molar-refractivity contribution < 1.29 is 0 Å².